The number of methoxy groups -OCH3 is 1. The van der Waals surface area contributed by atoms with Crippen LogP contribution in [0.5, 0.6) is 5.75 Å². The maximum atomic E-state index is 5.18. The Bertz CT molecular complexity index is 516. The molecule has 106 valence electrons. The zero-order chi connectivity index (χ0) is 14.4. The number of hydrogen-bond acceptors (Lipinski definition) is 1. The first-order valence-corrected chi connectivity index (χ1v) is 8.00. The predicted octanol–water partition coefficient (Wildman–Crippen LogP) is 5.33. The third kappa shape index (κ3) is 4.11. The van der Waals surface area contributed by atoms with Gasteiger partial charge < -0.3 is 4.74 Å². The molecule has 0 heterocycles. The molecule has 20 heavy (non-hydrogen) atoms. The second-order valence-electron chi connectivity index (χ2n) is 4.95. The second-order valence-corrected chi connectivity index (χ2v) is 6.05. The first-order valence-electron chi connectivity index (χ1n) is 7.08. The molecule has 1 unspecified atom stereocenters. The van der Waals surface area contributed by atoms with E-state index in [1.807, 2.05) is 12.1 Å². The van der Waals surface area contributed by atoms with Crippen LogP contribution >= 0.6 is 15.9 Å². The average molecular weight is 333 g/mol. The van der Waals surface area contributed by atoms with Gasteiger partial charge in [0.2, 0.25) is 0 Å². The Morgan fingerprint density at radius 3 is 2.10 bits per heavy atom. The molecule has 0 aliphatic carbocycles. The van der Waals surface area contributed by atoms with E-state index in [0.29, 0.717) is 4.83 Å². The Hall–Kier alpha value is -1.28. The summed E-state index contributed by atoms with van der Waals surface area (Å²) >= 11 is 3.79. The van der Waals surface area contributed by atoms with Crippen LogP contribution in [0.15, 0.2) is 48.5 Å². The summed E-state index contributed by atoms with van der Waals surface area (Å²) < 4.78 is 5.18. The Labute approximate surface area is 130 Å². The van der Waals surface area contributed by atoms with Gasteiger partial charge in [-0.05, 0) is 48.1 Å². The smallest absolute Gasteiger partial charge is 0.118 e. The van der Waals surface area contributed by atoms with Gasteiger partial charge in [-0.2, -0.15) is 0 Å². The van der Waals surface area contributed by atoms with Crippen LogP contribution in [0.1, 0.15) is 34.9 Å². The van der Waals surface area contributed by atoms with Gasteiger partial charge in [0.15, 0.2) is 0 Å². The number of alkyl halides is 1. The van der Waals surface area contributed by atoms with Crippen molar-refractivity contribution in [2.24, 2.45) is 0 Å². The molecule has 2 heteroatoms. The van der Waals surface area contributed by atoms with E-state index in [1.165, 1.54) is 16.7 Å². The van der Waals surface area contributed by atoms with E-state index >= 15 is 0 Å². The predicted molar refractivity (Wildman–Crippen MR) is 88.8 cm³/mol. The van der Waals surface area contributed by atoms with Crippen molar-refractivity contribution in [1.29, 1.82) is 0 Å². The van der Waals surface area contributed by atoms with Gasteiger partial charge >= 0.3 is 0 Å². The van der Waals surface area contributed by atoms with Crippen LogP contribution in [0, 0.1) is 0 Å². The summed E-state index contributed by atoms with van der Waals surface area (Å²) in [6.45, 7) is 2.18. The van der Waals surface area contributed by atoms with E-state index in [-0.39, 0.29) is 0 Å². The molecule has 0 saturated heterocycles. The molecule has 0 bridgehead atoms. The van der Waals surface area contributed by atoms with Gasteiger partial charge in [0.1, 0.15) is 5.75 Å². The zero-order valence-corrected chi connectivity index (χ0v) is 13.7. The molecule has 0 amide bonds. The molecule has 0 N–H and O–H groups in total. The fraction of sp³-hybridized carbons (Fsp3) is 0.333. The summed E-state index contributed by atoms with van der Waals surface area (Å²) in [6, 6.07) is 17.2. The SMILES string of the molecule is CCc1ccc(C(Br)CCc2ccc(OC)cc2)cc1. The van der Waals surface area contributed by atoms with Crippen molar-refractivity contribution in [3.63, 3.8) is 0 Å². The van der Waals surface area contributed by atoms with Crippen molar-refractivity contribution in [3.8, 4) is 5.75 Å². The van der Waals surface area contributed by atoms with Crippen LogP contribution in [0.2, 0.25) is 0 Å². The molecule has 2 aromatic rings. The highest BCUT2D eigenvalue weighted by atomic mass is 79.9. The Morgan fingerprint density at radius 2 is 1.55 bits per heavy atom. The Morgan fingerprint density at radius 1 is 0.950 bits per heavy atom. The number of hydrogen-bond donors (Lipinski definition) is 0. The lowest BCUT2D eigenvalue weighted by Crippen LogP contribution is -1.94. The van der Waals surface area contributed by atoms with Gasteiger partial charge in [-0.15, -0.1) is 0 Å². The highest BCUT2D eigenvalue weighted by Crippen LogP contribution is 2.28. The van der Waals surface area contributed by atoms with E-state index in [0.717, 1.165) is 25.0 Å². The van der Waals surface area contributed by atoms with Gasteiger partial charge in [0.05, 0.1) is 7.11 Å². The molecule has 0 fully saturated rings. The number of benzene rings is 2. The number of halogens is 1. The van der Waals surface area contributed by atoms with E-state index in [2.05, 4.69) is 59.3 Å². The molecular weight excluding hydrogens is 312 g/mol. The summed E-state index contributed by atoms with van der Waals surface area (Å²) in [7, 11) is 1.70. The minimum absolute atomic E-state index is 0.413. The first-order chi connectivity index (χ1) is 9.72. The average Bonchev–Trinajstić information content (AvgIpc) is 2.53. The van der Waals surface area contributed by atoms with Gasteiger partial charge in [-0.1, -0.05) is 59.3 Å². The van der Waals surface area contributed by atoms with Crippen LogP contribution < -0.4 is 4.74 Å². The third-order valence-electron chi connectivity index (χ3n) is 3.60. The molecule has 1 nitrogen and oxygen atoms in total. The van der Waals surface area contributed by atoms with E-state index in [9.17, 15) is 0 Å². The van der Waals surface area contributed by atoms with E-state index in [1.54, 1.807) is 7.11 Å². The molecule has 0 spiro atoms. The topological polar surface area (TPSA) is 9.23 Å². The summed E-state index contributed by atoms with van der Waals surface area (Å²) in [5.41, 5.74) is 4.10. The van der Waals surface area contributed by atoms with Gasteiger partial charge in [0, 0.05) is 4.83 Å². The van der Waals surface area contributed by atoms with Crippen LogP contribution in [-0.2, 0) is 12.8 Å². The monoisotopic (exact) mass is 332 g/mol. The summed E-state index contributed by atoms with van der Waals surface area (Å²) in [5, 5.41) is 0. The number of ether oxygens (including phenoxy) is 1. The van der Waals surface area contributed by atoms with Crippen molar-refractivity contribution < 1.29 is 4.74 Å². The molecule has 0 aliphatic rings. The maximum Gasteiger partial charge on any atom is 0.118 e. The van der Waals surface area contributed by atoms with Gasteiger partial charge in [-0.25, -0.2) is 0 Å². The molecule has 2 rings (SSSR count). The van der Waals surface area contributed by atoms with Crippen LogP contribution in [0.3, 0.4) is 0 Å². The van der Waals surface area contributed by atoms with Gasteiger partial charge in [-0.3, -0.25) is 0 Å². The molecular formula is C18H21BrO. The van der Waals surface area contributed by atoms with Crippen molar-refractivity contribution in [3.05, 3.63) is 65.2 Å². The number of rotatable bonds is 6. The fourth-order valence-corrected chi connectivity index (χ4v) is 2.75. The van der Waals surface area contributed by atoms with E-state index in [4.69, 9.17) is 4.74 Å². The van der Waals surface area contributed by atoms with Crippen molar-refractivity contribution in [2.75, 3.05) is 7.11 Å². The molecule has 1 atom stereocenters. The molecule has 0 saturated carbocycles. The minimum atomic E-state index is 0.413. The van der Waals surface area contributed by atoms with Crippen molar-refractivity contribution in [2.45, 2.75) is 31.0 Å². The quantitative estimate of drug-likeness (QED) is 0.650. The zero-order valence-electron chi connectivity index (χ0n) is 12.1. The Kier molecular flexibility index (Phi) is 5.66. The summed E-state index contributed by atoms with van der Waals surface area (Å²) in [6.07, 6.45) is 3.26. The van der Waals surface area contributed by atoms with Crippen LogP contribution in [-0.4, -0.2) is 7.11 Å². The summed E-state index contributed by atoms with van der Waals surface area (Å²) in [5.74, 6) is 0.916. The fourth-order valence-electron chi connectivity index (χ4n) is 2.21. The maximum absolute atomic E-state index is 5.18. The van der Waals surface area contributed by atoms with Crippen molar-refractivity contribution >= 4 is 15.9 Å². The summed E-state index contributed by atoms with van der Waals surface area (Å²) in [4.78, 5) is 0.413. The highest BCUT2D eigenvalue weighted by Gasteiger charge is 2.07. The largest absolute Gasteiger partial charge is 0.497 e. The lowest BCUT2D eigenvalue weighted by Gasteiger charge is -2.11. The lowest BCUT2D eigenvalue weighted by molar-refractivity contribution is 0.414. The van der Waals surface area contributed by atoms with Crippen molar-refractivity contribution in [1.82, 2.24) is 0 Å². The van der Waals surface area contributed by atoms with Gasteiger partial charge in [0.25, 0.3) is 0 Å². The first kappa shape index (κ1) is 15.1. The minimum Gasteiger partial charge on any atom is -0.497 e. The molecule has 0 aliphatic heterocycles. The molecule has 0 aromatic heterocycles. The standard InChI is InChI=1S/C18H21BrO/c1-3-14-4-9-16(10-5-14)18(19)13-8-15-6-11-17(20-2)12-7-15/h4-7,9-12,18H,3,8,13H2,1-2H3. The molecule has 2 aromatic carbocycles. The van der Waals surface area contributed by atoms with Crippen LogP contribution in [0.25, 0.3) is 0 Å². The second kappa shape index (κ2) is 7.49. The Balaban J connectivity index is 1.91. The number of aryl methyl sites for hydroxylation is 2. The lowest BCUT2D eigenvalue weighted by atomic mass is 10.0. The van der Waals surface area contributed by atoms with Crippen LogP contribution in [0.4, 0.5) is 0 Å². The molecule has 0 radical (unpaired) electrons. The van der Waals surface area contributed by atoms with E-state index < -0.39 is 0 Å². The third-order valence-corrected chi connectivity index (χ3v) is 4.58. The normalized spacial score (nSPS) is 12.2. The highest BCUT2D eigenvalue weighted by molar-refractivity contribution is 9.09.